The largest absolute Gasteiger partial charge is 0.338 e. The summed E-state index contributed by atoms with van der Waals surface area (Å²) in [6, 6.07) is 10.4. The molecule has 1 saturated heterocycles. The minimum absolute atomic E-state index is 0.213. The number of para-hydroxylation sites is 1. The van der Waals surface area contributed by atoms with Crippen molar-refractivity contribution in [3.8, 4) is 0 Å². The number of nitrogens with zero attached hydrogens (tertiary/aromatic N) is 2. The fraction of sp³-hybridized carbons (Fsp3) is 0.286. The van der Waals surface area contributed by atoms with E-state index in [0.29, 0.717) is 0 Å². The molecule has 0 bridgehead atoms. The van der Waals surface area contributed by atoms with E-state index in [9.17, 15) is 4.79 Å². The fourth-order valence-electron chi connectivity index (χ4n) is 2.54. The van der Waals surface area contributed by atoms with Crippen molar-refractivity contribution >= 4 is 17.3 Å². The number of rotatable bonds is 2. The zero-order valence-corrected chi connectivity index (χ0v) is 9.54. The van der Waals surface area contributed by atoms with E-state index in [0.717, 1.165) is 42.3 Å². The summed E-state index contributed by atoms with van der Waals surface area (Å²) in [6.45, 7) is 0.862. The molecule has 0 N–H and O–H groups in total. The topological polar surface area (TPSA) is 33.2 Å². The van der Waals surface area contributed by atoms with Crippen LogP contribution in [0.1, 0.15) is 24.4 Å². The van der Waals surface area contributed by atoms with Crippen molar-refractivity contribution in [1.82, 2.24) is 9.88 Å². The third kappa shape index (κ3) is 1.78. The van der Waals surface area contributed by atoms with Crippen LogP contribution in [0.5, 0.6) is 0 Å². The first-order valence-electron chi connectivity index (χ1n) is 5.94. The van der Waals surface area contributed by atoms with E-state index in [-0.39, 0.29) is 6.04 Å². The summed E-state index contributed by atoms with van der Waals surface area (Å²) < 4.78 is 0. The summed E-state index contributed by atoms with van der Waals surface area (Å²) in [5, 5.41) is 1.14. The highest BCUT2D eigenvalue weighted by molar-refractivity contribution is 5.78. The lowest BCUT2D eigenvalue weighted by Gasteiger charge is -2.20. The van der Waals surface area contributed by atoms with Crippen LogP contribution in [-0.4, -0.2) is 22.8 Å². The Balaban J connectivity index is 2.02. The van der Waals surface area contributed by atoms with Gasteiger partial charge < -0.3 is 4.90 Å². The molecule has 0 spiro atoms. The molecule has 0 aliphatic carbocycles. The van der Waals surface area contributed by atoms with Crippen molar-refractivity contribution in [1.29, 1.82) is 0 Å². The normalized spacial score (nSPS) is 19.8. The number of hydrogen-bond acceptors (Lipinski definition) is 2. The van der Waals surface area contributed by atoms with Gasteiger partial charge in [0.25, 0.3) is 0 Å². The summed E-state index contributed by atoms with van der Waals surface area (Å²) >= 11 is 0. The smallest absolute Gasteiger partial charge is 0.210 e. The first-order chi connectivity index (χ1) is 8.38. The van der Waals surface area contributed by atoms with E-state index >= 15 is 0 Å². The molecular weight excluding hydrogens is 212 g/mol. The molecule has 3 rings (SSSR count). The Kier molecular flexibility index (Phi) is 2.52. The van der Waals surface area contributed by atoms with E-state index in [2.05, 4.69) is 17.1 Å². The van der Waals surface area contributed by atoms with Crippen molar-refractivity contribution in [3.63, 3.8) is 0 Å². The van der Waals surface area contributed by atoms with E-state index in [4.69, 9.17) is 0 Å². The summed E-state index contributed by atoms with van der Waals surface area (Å²) in [4.78, 5) is 17.3. The molecular formula is C14H14N2O. The number of benzene rings is 1. The maximum absolute atomic E-state index is 11.0. The van der Waals surface area contributed by atoms with Crippen LogP contribution in [0.3, 0.4) is 0 Å². The van der Waals surface area contributed by atoms with Crippen molar-refractivity contribution in [2.24, 2.45) is 0 Å². The number of amides is 1. The summed E-state index contributed by atoms with van der Waals surface area (Å²) in [5.74, 6) is 0. The Hall–Kier alpha value is -1.90. The SMILES string of the molecule is O=CN1CCC[C@@H]1c1cnc2ccccc2c1. The summed E-state index contributed by atoms with van der Waals surface area (Å²) in [6.07, 6.45) is 4.97. The van der Waals surface area contributed by atoms with Crippen molar-refractivity contribution in [3.05, 3.63) is 42.1 Å². The molecule has 1 aliphatic rings. The van der Waals surface area contributed by atoms with Gasteiger partial charge in [-0.05, 0) is 30.5 Å². The lowest BCUT2D eigenvalue weighted by molar-refractivity contribution is -0.118. The molecule has 86 valence electrons. The van der Waals surface area contributed by atoms with E-state index in [1.165, 1.54) is 0 Å². The molecule has 0 radical (unpaired) electrons. The van der Waals surface area contributed by atoms with Crippen LogP contribution in [0.4, 0.5) is 0 Å². The Morgan fingerprint density at radius 3 is 3.12 bits per heavy atom. The van der Waals surface area contributed by atoms with Gasteiger partial charge in [0.05, 0.1) is 11.6 Å². The first kappa shape index (κ1) is 10.3. The van der Waals surface area contributed by atoms with E-state index in [1.807, 2.05) is 29.3 Å². The second kappa shape index (κ2) is 4.17. The van der Waals surface area contributed by atoms with Crippen LogP contribution in [0.15, 0.2) is 36.5 Å². The maximum atomic E-state index is 11.0. The van der Waals surface area contributed by atoms with Gasteiger partial charge in [0, 0.05) is 18.1 Å². The van der Waals surface area contributed by atoms with Gasteiger partial charge in [0.15, 0.2) is 0 Å². The number of pyridine rings is 1. The Morgan fingerprint density at radius 1 is 1.35 bits per heavy atom. The van der Waals surface area contributed by atoms with Gasteiger partial charge in [-0.15, -0.1) is 0 Å². The van der Waals surface area contributed by atoms with Crippen molar-refractivity contribution < 1.29 is 4.79 Å². The monoisotopic (exact) mass is 226 g/mol. The Labute approximate surface area is 100 Å². The number of fused-ring (bicyclic) bond motifs is 1. The Morgan fingerprint density at radius 2 is 2.24 bits per heavy atom. The molecule has 0 saturated carbocycles. The first-order valence-corrected chi connectivity index (χ1v) is 5.94. The van der Waals surface area contributed by atoms with Gasteiger partial charge in [-0.2, -0.15) is 0 Å². The van der Waals surface area contributed by atoms with Crippen LogP contribution in [-0.2, 0) is 4.79 Å². The van der Waals surface area contributed by atoms with E-state index in [1.54, 1.807) is 0 Å². The fourth-order valence-corrected chi connectivity index (χ4v) is 2.54. The predicted octanol–water partition coefficient (Wildman–Crippen LogP) is 2.53. The highest BCUT2D eigenvalue weighted by Gasteiger charge is 2.24. The van der Waals surface area contributed by atoms with Crippen LogP contribution >= 0.6 is 0 Å². The average molecular weight is 226 g/mol. The molecule has 1 amide bonds. The standard InChI is InChI=1S/C14H14N2O/c17-10-16-7-3-6-14(16)12-8-11-4-1-2-5-13(11)15-9-12/h1-2,4-5,8-10,14H,3,6-7H2/t14-/m1/s1. The van der Waals surface area contributed by atoms with Crippen LogP contribution in [0.25, 0.3) is 10.9 Å². The van der Waals surface area contributed by atoms with Gasteiger partial charge in [-0.25, -0.2) is 0 Å². The molecule has 2 heterocycles. The molecule has 1 aromatic heterocycles. The lowest BCUT2D eigenvalue weighted by Crippen LogP contribution is -2.21. The number of likely N-dealkylation sites (tertiary alicyclic amines) is 1. The third-order valence-electron chi connectivity index (χ3n) is 3.43. The summed E-state index contributed by atoms with van der Waals surface area (Å²) in [5.41, 5.74) is 2.15. The zero-order chi connectivity index (χ0) is 11.7. The number of aromatic nitrogens is 1. The molecule has 1 fully saturated rings. The average Bonchev–Trinajstić information content (AvgIpc) is 2.86. The Bertz CT molecular complexity index is 553. The van der Waals surface area contributed by atoms with Crippen molar-refractivity contribution in [2.45, 2.75) is 18.9 Å². The van der Waals surface area contributed by atoms with Gasteiger partial charge in [-0.1, -0.05) is 18.2 Å². The van der Waals surface area contributed by atoms with Gasteiger partial charge in [0.1, 0.15) is 0 Å². The number of hydrogen-bond donors (Lipinski definition) is 0. The van der Waals surface area contributed by atoms with Crippen LogP contribution in [0.2, 0.25) is 0 Å². The van der Waals surface area contributed by atoms with Crippen molar-refractivity contribution in [2.75, 3.05) is 6.54 Å². The maximum Gasteiger partial charge on any atom is 0.210 e. The van der Waals surface area contributed by atoms with Gasteiger partial charge in [-0.3, -0.25) is 9.78 Å². The van der Waals surface area contributed by atoms with Crippen LogP contribution < -0.4 is 0 Å². The molecule has 3 heteroatoms. The number of carbonyl (C=O) groups excluding carboxylic acids is 1. The highest BCUT2D eigenvalue weighted by atomic mass is 16.1. The zero-order valence-electron chi connectivity index (χ0n) is 9.54. The molecule has 1 atom stereocenters. The minimum Gasteiger partial charge on any atom is -0.338 e. The molecule has 0 unspecified atom stereocenters. The second-order valence-corrected chi connectivity index (χ2v) is 4.46. The molecule has 3 nitrogen and oxygen atoms in total. The minimum atomic E-state index is 0.213. The molecule has 1 aromatic carbocycles. The summed E-state index contributed by atoms with van der Waals surface area (Å²) in [7, 11) is 0. The molecule has 1 aliphatic heterocycles. The number of carbonyl (C=O) groups is 1. The van der Waals surface area contributed by atoms with Gasteiger partial charge >= 0.3 is 0 Å². The second-order valence-electron chi connectivity index (χ2n) is 4.46. The van der Waals surface area contributed by atoms with Gasteiger partial charge in [0.2, 0.25) is 6.41 Å². The highest BCUT2D eigenvalue weighted by Crippen LogP contribution is 2.31. The molecule has 2 aromatic rings. The van der Waals surface area contributed by atoms with Crippen LogP contribution in [0, 0.1) is 0 Å². The molecule has 17 heavy (non-hydrogen) atoms. The third-order valence-corrected chi connectivity index (χ3v) is 3.43. The van der Waals surface area contributed by atoms with E-state index < -0.39 is 0 Å². The lowest BCUT2D eigenvalue weighted by atomic mass is 10.0. The predicted molar refractivity (Wildman–Crippen MR) is 66.5 cm³/mol. The quantitative estimate of drug-likeness (QED) is 0.737.